The number of para-hydroxylation sites is 1. The van der Waals surface area contributed by atoms with Crippen LogP contribution in [0.4, 0.5) is 0 Å². The van der Waals surface area contributed by atoms with Gasteiger partial charge in [-0.05, 0) is 43.2 Å². The Balaban J connectivity index is 1.51. The van der Waals surface area contributed by atoms with E-state index in [2.05, 4.69) is 10.3 Å². The van der Waals surface area contributed by atoms with Gasteiger partial charge in [-0.3, -0.25) is 4.79 Å². The van der Waals surface area contributed by atoms with Crippen LogP contribution in [0.3, 0.4) is 0 Å². The Morgan fingerprint density at radius 3 is 2.38 bits per heavy atom. The summed E-state index contributed by atoms with van der Waals surface area (Å²) in [6.07, 6.45) is 0. The number of benzene rings is 3. The number of aromatic nitrogens is 1. The summed E-state index contributed by atoms with van der Waals surface area (Å²) in [6, 6.07) is 25.2. The maximum atomic E-state index is 13.0. The Morgan fingerprint density at radius 2 is 1.62 bits per heavy atom. The number of rotatable bonds is 8. The Labute approximate surface area is 188 Å². The number of nitrogens with one attached hydrogen (secondary N) is 1. The number of amides is 1. The van der Waals surface area contributed by atoms with Crippen molar-refractivity contribution in [2.24, 2.45) is 0 Å². The van der Waals surface area contributed by atoms with Crippen LogP contribution in [0.15, 0.2) is 78.9 Å². The minimum atomic E-state index is -0.169. The molecule has 0 radical (unpaired) electrons. The lowest BCUT2D eigenvalue weighted by Gasteiger charge is -2.12. The van der Waals surface area contributed by atoms with Crippen molar-refractivity contribution in [2.45, 2.75) is 27.0 Å². The fraction of sp³-hybridized carbons (Fsp3) is 0.185. The third kappa shape index (κ3) is 5.24. The van der Waals surface area contributed by atoms with Gasteiger partial charge >= 0.3 is 0 Å². The molecule has 0 atom stereocenters. The van der Waals surface area contributed by atoms with Gasteiger partial charge in [-0.1, -0.05) is 60.2 Å². The minimum absolute atomic E-state index is 0.169. The summed E-state index contributed by atoms with van der Waals surface area (Å²) < 4.78 is 11.4. The first-order valence-electron chi connectivity index (χ1n) is 10.7. The summed E-state index contributed by atoms with van der Waals surface area (Å²) in [6.45, 7) is 5.43. The predicted octanol–water partition coefficient (Wildman–Crippen LogP) is 5.45. The van der Waals surface area contributed by atoms with E-state index in [0.29, 0.717) is 31.2 Å². The van der Waals surface area contributed by atoms with Crippen LogP contribution in [-0.2, 0) is 13.2 Å². The van der Waals surface area contributed by atoms with E-state index in [0.717, 1.165) is 27.8 Å². The fourth-order valence-electron chi connectivity index (χ4n) is 3.40. The average Bonchev–Trinajstić information content (AvgIpc) is 2.82. The molecule has 0 bridgehead atoms. The van der Waals surface area contributed by atoms with Gasteiger partial charge in [-0.25, -0.2) is 4.98 Å². The summed E-state index contributed by atoms with van der Waals surface area (Å²) in [5, 5.41) is 3.79. The average molecular weight is 427 g/mol. The maximum Gasteiger partial charge on any atom is 0.252 e. The third-order valence-corrected chi connectivity index (χ3v) is 5.13. The monoisotopic (exact) mass is 426 g/mol. The number of hydrogen-bond acceptors (Lipinski definition) is 4. The summed E-state index contributed by atoms with van der Waals surface area (Å²) in [4.78, 5) is 17.6. The number of hydrogen-bond donors (Lipinski definition) is 1. The lowest BCUT2D eigenvalue weighted by Crippen LogP contribution is -2.23. The number of fused-ring (bicyclic) bond motifs is 1. The molecule has 0 fully saturated rings. The van der Waals surface area contributed by atoms with Gasteiger partial charge in [0.1, 0.15) is 12.4 Å². The van der Waals surface area contributed by atoms with Crippen molar-refractivity contribution in [2.75, 3.05) is 6.61 Å². The van der Waals surface area contributed by atoms with Crippen molar-refractivity contribution < 1.29 is 14.3 Å². The van der Waals surface area contributed by atoms with Crippen LogP contribution in [0, 0.1) is 6.92 Å². The number of aryl methyl sites for hydroxylation is 1. The SMILES string of the molecule is CCOc1ccc(CNC(=O)c2cc(OCc3ccc(C)cc3)nc3ccccc23)cc1. The quantitative estimate of drug-likeness (QED) is 0.407. The zero-order valence-electron chi connectivity index (χ0n) is 18.3. The summed E-state index contributed by atoms with van der Waals surface area (Å²) in [7, 11) is 0. The molecule has 0 unspecified atom stereocenters. The van der Waals surface area contributed by atoms with Crippen LogP contribution < -0.4 is 14.8 Å². The molecular formula is C27H26N2O3. The van der Waals surface area contributed by atoms with E-state index in [9.17, 15) is 4.79 Å². The second-order valence-corrected chi connectivity index (χ2v) is 7.56. The van der Waals surface area contributed by atoms with Crippen molar-refractivity contribution in [1.82, 2.24) is 10.3 Å². The van der Waals surface area contributed by atoms with Gasteiger partial charge in [-0.2, -0.15) is 0 Å². The molecule has 0 saturated carbocycles. The zero-order chi connectivity index (χ0) is 22.3. The molecule has 4 rings (SSSR count). The molecule has 1 heterocycles. The molecule has 0 aliphatic carbocycles. The fourth-order valence-corrected chi connectivity index (χ4v) is 3.40. The number of nitrogens with zero attached hydrogens (tertiary/aromatic N) is 1. The van der Waals surface area contributed by atoms with E-state index in [1.165, 1.54) is 5.56 Å². The number of carbonyl (C=O) groups excluding carboxylic acids is 1. The van der Waals surface area contributed by atoms with Gasteiger partial charge in [0.25, 0.3) is 5.91 Å². The molecule has 1 N–H and O–H groups in total. The van der Waals surface area contributed by atoms with Gasteiger partial charge < -0.3 is 14.8 Å². The summed E-state index contributed by atoms with van der Waals surface area (Å²) in [5.41, 5.74) is 4.51. The molecule has 4 aromatic rings. The highest BCUT2D eigenvalue weighted by molar-refractivity contribution is 6.06. The first-order chi connectivity index (χ1) is 15.6. The Hall–Kier alpha value is -3.86. The maximum absolute atomic E-state index is 13.0. The molecule has 0 aliphatic rings. The number of pyridine rings is 1. The van der Waals surface area contributed by atoms with Crippen molar-refractivity contribution in [3.05, 3.63) is 101 Å². The van der Waals surface area contributed by atoms with Crippen LogP contribution in [0.25, 0.3) is 10.9 Å². The standard InChI is InChI=1S/C27H26N2O3/c1-3-31-22-14-12-20(13-15-22)17-28-27(30)24-16-26(29-25-7-5-4-6-23(24)25)32-18-21-10-8-19(2)9-11-21/h4-16H,3,17-18H2,1-2H3,(H,28,30). The highest BCUT2D eigenvalue weighted by Crippen LogP contribution is 2.23. The van der Waals surface area contributed by atoms with Crippen molar-refractivity contribution in [3.63, 3.8) is 0 Å². The lowest BCUT2D eigenvalue weighted by atomic mass is 10.1. The van der Waals surface area contributed by atoms with Crippen molar-refractivity contribution in [1.29, 1.82) is 0 Å². The Morgan fingerprint density at radius 1 is 0.906 bits per heavy atom. The Bertz CT molecular complexity index is 1200. The first kappa shape index (κ1) is 21.4. The largest absolute Gasteiger partial charge is 0.494 e. The molecule has 0 spiro atoms. The van der Waals surface area contributed by atoms with E-state index >= 15 is 0 Å². The minimum Gasteiger partial charge on any atom is -0.494 e. The molecule has 1 aromatic heterocycles. The zero-order valence-corrected chi connectivity index (χ0v) is 18.3. The molecule has 5 heteroatoms. The molecule has 1 amide bonds. The second-order valence-electron chi connectivity index (χ2n) is 7.56. The van der Waals surface area contributed by atoms with Crippen molar-refractivity contribution >= 4 is 16.8 Å². The lowest BCUT2D eigenvalue weighted by molar-refractivity contribution is 0.0952. The van der Waals surface area contributed by atoms with Gasteiger partial charge in [0.15, 0.2) is 0 Å². The highest BCUT2D eigenvalue weighted by atomic mass is 16.5. The van der Waals surface area contributed by atoms with Crippen LogP contribution >= 0.6 is 0 Å². The van der Waals surface area contributed by atoms with E-state index < -0.39 is 0 Å². The topological polar surface area (TPSA) is 60.5 Å². The molecular weight excluding hydrogens is 400 g/mol. The predicted molar refractivity (Wildman–Crippen MR) is 126 cm³/mol. The molecule has 5 nitrogen and oxygen atoms in total. The van der Waals surface area contributed by atoms with E-state index in [4.69, 9.17) is 9.47 Å². The van der Waals surface area contributed by atoms with Gasteiger partial charge in [-0.15, -0.1) is 0 Å². The Kier molecular flexibility index (Phi) is 6.66. The molecule has 0 aliphatic heterocycles. The van der Waals surface area contributed by atoms with E-state index in [1.54, 1.807) is 6.07 Å². The van der Waals surface area contributed by atoms with E-state index in [1.807, 2.05) is 86.6 Å². The second kappa shape index (κ2) is 9.96. The molecule has 0 saturated heterocycles. The van der Waals surface area contributed by atoms with Gasteiger partial charge in [0.05, 0.1) is 17.7 Å². The normalized spacial score (nSPS) is 10.7. The third-order valence-electron chi connectivity index (χ3n) is 5.13. The van der Waals surface area contributed by atoms with Gasteiger partial charge in [0.2, 0.25) is 5.88 Å². The van der Waals surface area contributed by atoms with Crippen LogP contribution in [0.5, 0.6) is 11.6 Å². The summed E-state index contributed by atoms with van der Waals surface area (Å²) >= 11 is 0. The number of carbonyl (C=O) groups is 1. The van der Waals surface area contributed by atoms with Crippen LogP contribution in [-0.4, -0.2) is 17.5 Å². The van der Waals surface area contributed by atoms with Crippen molar-refractivity contribution in [3.8, 4) is 11.6 Å². The van der Waals surface area contributed by atoms with E-state index in [-0.39, 0.29) is 5.91 Å². The van der Waals surface area contributed by atoms with Crippen LogP contribution in [0.1, 0.15) is 34.0 Å². The highest BCUT2D eigenvalue weighted by Gasteiger charge is 2.14. The molecule has 32 heavy (non-hydrogen) atoms. The van der Waals surface area contributed by atoms with Gasteiger partial charge in [0, 0.05) is 18.0 Å². The molecule has 162 valence electrons. The molecule has 3 aromatic carbocycles. The van der Waals surface area contributed by atoms with Crippen LogP contribution in [0.2, 0.25) is 0 Å². The summed E-state index contributed by atoms with van der Waals surface area (Å²) in [5.74, 6) is 1.08. The first-order valence-corrected chi connectivity index (χ1v) is 10.7. The smallest absolute Gasteiger partial charge is 0.252 e. The number of ether oxygens (including phenoxy) is 2.